The summed E-state index contributed by atoms with van der Waals surface area (Å²) in [4.78, 5) is 26.7. The van der Waals surface area contributed by atoms with Crippen LogP contribution in [-0.4, -0.2) is 67.9 Å². The molecule has 2 aliphatic rings. The highest BCUT2D eigenvalue weighted by Crippen LogP contribution is 2.51. The molecule has 1 aromatic heterocycles. The molecule has 10 nitrogen and oxygen atoms in total. The summed E-state index contributed by atoms with van der Waals surface area (Å²) >= 11 is 0. The van der Waals surface area contributed by atoms with Crippen LogP contribution in [0.3, 0.4) is 0 Å². The standard InChI is InChI=1S/C24H44N2O8Si2/c1-15(2)35(16(3)4)31-14-19-21(33-36(34-35,17(5)6)18(7)8)24(30,11-9-13-27)22(32-19)26-12-10-20(28)25-23(26)29/h10,12,15-19,21-22,27,30H,9,11,13-14H2,1-8H3,(H,25,28,29)/t19?,21-,22?,24-/m1/s1. The van der Waals surface area contributed by atoms with Crippen LogP contribution in [0.1, 0.15) is 74.5 Å². The minimum atomic E-state index is -3.06. The molecule has 2 unspecified atom stereocenters. The maximum atomic E-state index is 12.7. The number of ether oxygens (including phenoxy) is 1. The van der Waals surface area contributed by atoms with Gasteiger partial charge in [-0.25, -0.2) is 4.79 Å². The Bertz CT molecular complexity index is 994. The molecule has 0 radical (unpaired) electrons. The summed E-state index contributed by atoms with van der Waals surface area (Å²) in [5.74, 6) is 0. The summed E-state index contributed by atoms with van der Waals surface area (Å²) in [5, 5.41) is 21.8. The van der Waals surface area contributed by atoms with E-state index < -0.39 is 52.4 Å². The van der Waals surface area contributed by atoms with Crippen LogP contribution in [-0.2, 0) is 17.7 Å². The largest absolute Gasteiger partial charge is 0.414 e. The Hall–Kier alpha value is -1.13. The molecule has 3 N–H and O–H groups in total. The van der Waals surface area contributed by atoms with Crippen molar-refractivity contribution in [2.45, 2.75) is 114 Å². The summed E-state index contributed by atoms with van der Waals surface area (Å²) in [6.07, 6.45) is -0.935. The van der Waals surface area contributed by atoms with Crippen molar-refractivity contribution in [3.8, 4) is 0 Å². The lowest BCUT2D eigenvalue weighted by atomic mass is 9.89. The molecule has 2 aliphatic heterocycles. The van der Waals surface area contributed by atoms with Crippen molar-refractivity contribution in [2.75, 3.05) is 13.2 Å². The zero-order valence-electron chi connectivity index (χ0n) is 22.8. The highest BCUT2D eigenvalue weighted by atomic mass is 28.5. The average Bonchev–Trinajstić information content (AvgIpc) is 3.02. The highest BCUT2D eigenvalue weighted by Gasteiger charge is 2.65. The van der Waals surface area contributed by atoms with E-state index in [1.54, 1.807) is 0 Å². The minimum Gasteiger partial charge on any atom is -0.414 e. The van der Waals surface area contributed by atoms with Gasteiger partial charge in [0.05, 0.1) is 6.61 Å². The Morgan fingerprint density at radius 3 is 2.14 bits per heavy atom. The summed E-state index contributed by atoms with van der Waals surface area (Å²) in [5.41, 5.74) is -2.51. The van der Waals surface area contributed by atoms with Crippen molar-refractivity contribution >= 4 is 17.1 Å². The van der Waals surface area contributed by atoms with E-state index in [0.717, 1.165) is 0 Å². The quantitative estimate of drug-likeness (QED) is 0.426. The molecule has 0 aromatic carbocycles. The second-order valence-electron chi connectivity index (χ2n) is 11.4. The third kappa shape index (κ3) is 4.98. The fourth-order valence-electron chi connectivity index (χ4n) is 5.79. The molecule has 4 atom stereocenters. The van der Waals surface area contributed by atoms with E-state index in [-0.39, 0.29) is 48.2 Å². The predicted octanol–water partition coefficient (Wildman–Crippen LogP) is 2.89. The van der Waals surface area contributed by atoms with Crippen LogP contribution in [0.25, 0.3) is 0 Å². The number of aromatic amines is 1. The number of nitrogens with one attached hydrogen (secondary N) is 1. The molecule has 3 heterocycles. The van der Waals surface area contributed by atoms with Crippen molar-refractivity contribution in [1.29, 1.82) is 0 Å². The van der Waals surface area contributed by atoms with Crippen LogP contribution in [0.4, 0.5) is 0 Å². The SMILES string of the molecule is CC(C)[Si]1(C(C)C)OCC2OC(n3ccc(=O)[nH]c3=O)[C@@](O)(CCCO)[C@@H]2O[Si](C(C)C)(C(C)C)O1. The number of nitrogens with zero attached hydrogens (tertiary/aromatic N) is 1. The molecule has 0 saturated carbocycles. The zero-order valence-corrected chi connectivity index (χ0v) is 24.8. The first-order valence-electron chi connectivity index (χ1n) is 13.1. The third-order valence-corrected chi connectivity index (χ3v) is 18.0. The Labute approximate surface area is 215 Å². The molecule has 0 amide bonds. The van der Waals surface area contributed by atoms with E-state index in [1.165, 1.54) is 16.8 Å². The molecule has 36 heavy (non-hydrogen) atoms. The van der Waals surface area contributed by atoms with Crippen molar-refractivity contribution in [3.05, 3.63) is 33.1 Å². The Kier molecular flexibility index (Phi) is 8.93. The maximum Gasteiger partial charge on any atom is 0.335 e. The summed E-state index contributed by atoms with van der Waals surface area (Å²) < 4.78 is 28.5. The predicted molar refractivity (Wildman–Crippen MR) is 140 cm³/mol. The molecule has 206 valence electrons. The van der Waals surface area contributed by atoms with Crippen LogP contribution in [0.5, 0.6) is 0 Å². The van der Waals surface area contributed by atoms with E-state index in [2.05, 4.69) is 60.4 Å². The lowest BCUT2D eigenvalue weighted by molar-refractivity contribution is -0.116. The van der Waals surface area contributed by atoms with Gasteiger partial charge in [0.2, 0.25) is 0 Å². The molecule has 12 heteroatoms. The van der Waals surface area contributed by atoms with Crippen LogP contribution in [0.2, 0.25) is 22.2 Å². The van der Waals surface area contributed by atoms with Gasteiger partial charge < -0.3 is 27.9 Å². The monoisotopic (exact) mass is 544 g/mol. The van der Waals surface area contributed by atoms with Gasteiger partial charge in [-0.1, -0.05) is 55.4 Å². The average molecular weight is 545 g/mol. The van der Waals surface area contributed by atoms with Gasteiger partial charge in [0.15, 0.2) is 6.23 Å². The first-order chi connectivity index (χ1) is 16.7. The molecule has 0 bridgehead atoms. The highest BCUT2D eigenvalue weighted by molar-refractivity contribution is 6.84. The Morgan fingerprint density at radius 2 is 1.64 bits per heavy atom. The van der Waals surface area contributed by atoms with Crippen molar-refractivity contribution in [3.63, 3.8) is 0 Å². The normalized spacial score (nSPS) is 30.1. The molecule has 1 aromatic rings. The molecule has 0 aliphatic carbocycles. The number of rotatable bonds is 8. The number of H-pyrrole nitrogens is 1. The topological polar surface area (TPSA) is 132 Å². The van der Waals surface area contributed by atoms with E-state index in [9.17, 15) is 19.8 Å². The maximum absolute atomic E-state index is 12.7. The molecule has 2 saturated heterocycles. The molecular formula is C24H44N2O8Si2. The fraction of sp³-hybridized carbons (Fsp3) is 0.833. The van der Waals surface area contributed by atoms with Gasteiger partial charge in [-0.2, -0.15) is 0 Å². The lowest BCUT2D eigenvalue weighted by Crippen LogP contribution is -2.67. The van der Waals surface area contributed by atoms with Gasteiger partial charge in [-0.15, -0.1) is 0 Å². The van der Waals surface area contributed by atoms with E-state index in [0.29, 0.717) is 0 Å². The van der Waals surface area contributed by atoms with Gasteiger partial charge in [0.1, 0.15) is 17.8 Å². The summed E-state index contributed by atoms with van der Waals surface area (Å²) in [6.45, 7) is 16.9. The Balaban J connectivity index is 2.20. The van der Waals surface area contributed by atoms with Crippen LogP contribution >= 0.6 is 0 Å². The van der Waals surface area contributed by atoms with Gasteiger partial charge in [0, 0.05) is 18.9 Å². The second-order valence-corrected chi connectivity index (χ2v) is 20.2. The van der Waals surface area contributed by atoms with Crippen LogP contribution in [0.15, 0.2) is 21.9 Å². The first kappa shape index (κ1) is 29.4. The lowest BCUT2D eigenvalue weighted by Gasteiger charge is -2.52. The molecule has 2 fully saturated rings. The van der Waals surface area contributed by atoms with E-state index in [1.807, 2.05) is 0 Å². The first-order valence-corrected chi connectivity index (χ1v) is 17.0. The molecule has 0 spiro atoms. The molecular weight excluding hydrogens is 500 g/mol. The van der Waals surface area contributed by atoms with Crippen molar-refractivity contribution < 1.29 is 27.9 Å². The zero-order chi connectivity index (χ0) is 27.1. The number of aliphatic hydroxyl groups is 2. The van der Waals surface area contributed by atoms with Crippen LogP contribution in [0, 0.1) is 0 Å². The smallest absolute Gasteiger partial charge is 0.335 e. The third-order valence-electron chi connectivity index (χ3n) is 7.72. The van der Waals surface area contributed by atoms with Crippen molar-refractivity contribution in [1.82, 2.24) is 9.55 Å². The number of aromatic nitrogens is 2. The van der Waals surface area contributed by atoms with Gasteiger partial charge >= 0.3 is 22.8 Å². The Morgan fingerprint density at radius 1 is 1.06 bits per heavy atom. The minimum absolute atomic E-state index is 0.0427. The number of fused-ring (bicyclic) bond motifs is 1. The second kappa shape index (κ2) is 10.9. The number of hydrogen-bond donors (Lipinski definition) is 3. The summed E-state index contributed by atoms with van der Waals surface area (Å²) in [7, 11) is -5.87. The van der Waals surface area contributed by atoms with Crippen molar-refractivity contribution in [2.24, 2.45) is 0 Å². The van der Waals surface area contributed by atoms with Gasteiger partial charge in [-0.05, 0) is 35.0 Å². The van der Waals surface area contributed by atoms with Gasteiger partial charge in [0.25, 0.3) is 5.56 Å². The van der Waals surface area contributed by atoms with Gasteiger partial charge in [-0.3, -0.25) is 14.3 Å². The fourth-order valence-corrected chi connectivity index (χ4v) is 17.0. The van der Waals surface area contributed by atoms with E-state index in [4.69, 9.17) is 17.7 Å². The van der Waals surface area contributed by atoms with E-state index >= 15 is 0 Å². The number of hydrogen-bond acceptors (Lipinski definition) is 8. The number of aliphatic hydroxyl groups excluding tert-OH is 1. The molecule has 3 rings (SSSR count). The summed E-state index contributed by atoms with van der Waals surface area (Å²) in [6, 6.07) is 1.22. The van der Waals surface area contributed by atoms with Crippen LogP contribution < -0.4 is 11.2 Å².